The summed E-state index contributed by atoms with van der Waals surface area (Å²) in [5.41, 5.74) is 2.73. The van der Waals surface area contributed by atoms with Gasteiger partial charge in [0.15, 0.2) is 0 Å². The lowest BCUT2D eigenvalue weighted by Gasteiger charge is -1.96. The molecule has 1 heterocycles. The van der Waals surface area contributed by atoms with Gasteiger partial charge < -0.3 is 0 Å². The van der Waals surface area contributed by atoms with Gasteiger partial charge in [-0.3, -0.25) is 0 Å². The Labute approximate surface area is 88.5 Å². The maximum atomic E-state index is 3.76. The summed E-state index contributed by atoms with van der Waals surface area (Å²) >= 11 is 1.75. The summed E-state index contributed by atoms with van der Waals surface area (Å²) in [6.07, 6.45) is 2.92. The lowest BCUT2D eigenvalue weighted by atomic mass is 10.1. The van der Waals surface area contributed by atoms with E-state index in [-0.39, 0.29) is 0 Å². The van der Waals surface area contributed by atoms with Gasteiger partial charge in [0.25, 0.3) is 0 Å². The van der Waals surface area contributed by atoms with Gasteiger partial charge in [0, 0.05) is 4.88 Å². The second-order valence-electron chi connectivity index (χ2n) is 3.22. The molecule has 0 bridgehead atoms. The first-order valence-electron chi connectivity index (χ1n) is 4.62. The molecule has 0 spiro atoms. The molecule has 0 amide bonds. The van der Waals surface area contributed by atoms with Crippen LogP contribution in [0.15, 0.2) is 48.4 Å². The summed E-state index contributed by atoms with van der Waals surface area (Å²) in [6.45, 7) is 3.76. The quantitative estimate of drug-likeness (QED) is 0.703. The second-order valence-corrected chi connectivity index (χ2v) is 4.17. The largest absolute Gasteiger partial charge is 0.144 e. The Morgan fingerprint density at radius 2 is 1.93 bits per heavy atom. The van der Waals surface area contributed by atoms with E-state index in [0.717, 1.165) is 6.42 Å². The SMILES string of the molecule is C=Cc1cc(Cc2ccccc2)cs1. The molecule has 2 rings (SSSR count). The maximum Gasteiger partial charge on any atom is 0.0267 e. The van der Waals surface area contributed by atoms with Gasteiger partial charge in [0.05, 0.1) is 0 Å². The average Bonchev–Trinajstić information content (AvgIpc) is 2.67. The van der Waals surface area contributed by atoms with Crippen molar-refractivity contribution in [2.24, 2.45) is 0 Å². The highest BCUT2D eigenvalue weighted by atomic mass is 32.1. The second kappa shape index (κ2) is 4.25. The summed E-state index contributed by atoms with van der Waals surface area (Å²) in [6, 6.07) is 12.7. The number of benzene rings is 1. The van der Waals surface area contributed by atoms with E-state index in [2.05, 4.69) is 42.3 Å². The van der Waals surface area contributed by atoms with Crippen molar-refractivity contribution in [2.75, 3.05) is 0 Å². The molecule has 0 N–H and O–H groups in total. The summed E-state index contributed by atoms with van der Waals surface area (Å²) < 4.78 is 0. The van der Waals surface area contributed by atoms with Gasteiger partial charge in [-0.25, -0.2) is 0 Å². The lowest BCUT2D eigenvalue weighted by molar-refractivity contribution is 1.21. The zero-order chi connectivity index (χ0) is 9.80. The molecule has 0 fully saturated rings. The van der Waals surface area contributed by atoms with E-state index >= 15 is 0 Å². The molecule has 0 aliphatic heterocycles. The van der Waals surface area contributed by atoms with Gasteiger partial charge in [-0.05, 0) is 29.0 Å². The van der Waals surface area contributed by atoms with Gasteiger partial charge in [0.2, 0.25) is 0 Å². The predicted octanol–water partition coefficient (Wildman–Crippen LogP) is 3.98. The van der Waals surface area contributed by atoms with Crippen LogP contribution in [0.2, 0.25) is 0 Å². The molecule has 0 aliphatic rings. The third-order valence-electron chi connectivity index (χ3n) is 2.13. The molecular weight excluding hydrogens is 188 g/mol. The molecule has 0 saturated heterocycles. The van der Waals surface area contributed by atoms with Crippen LogP contribution in [0, 0.1) is 0 Å². The van der Waals surface area contributed by atoms with Crippen LogP contribution in [0.25, 0.3) is 6.08 Å². The Kier molecular flexibility index (Phi) is 2.80. The third-order valence-corrected chi connectivity index (χ3v) is 3.10. The lowest BCUT2D eigenvalue weighted by Crippen LogP contribution is -1.83. The Balaban J connectivity index is 2.15. The van der Waals surface area contributed by atoms with Gasteiger partial charge in [-0.1, -0.05) is 43.0 Å². The molecule has 0 unspecified atom stereocenters. The topological polar surface area (TPSA) is 0 Å². The summed E-state index contributed by atoms with van der Waals surface area (Å²) in [5.74, 6) is 0. The first-order valence-corrected chi connectivity index (χ1v) is 5.50. The fourth-order valence-corrected chi connectivity index (χ4v) is 2.18. The van der Waals surface area contributed by atoms with E-state index in [1.54, 1.807) is 11.3 Å². The first kappa shape index (κ1) is 9.22. The monoisotopic (exact) mass is 200 g/mol. The maximum absolute atomic E-state index is 3.76. The molecule has 1 aromatic heterocycles. The number of hydrogen-bond donors (Lipinski definition) is 0. The van der Waals surface area contributed by atoms with Crippen molar-refractivity contribution in [3.8, 4) is 0 Å². The van der Waals surface area contributed by atoms with Gasteiger partial charge in [0.1, 0.15) is 0 Å². The molecule has 1 heteroatoms. The zero-order valence-electron chi connectivity index (χ0n) is 7.94. The van der Waals surface area contributed by atoms with Crippen LogP contribution >= 0.6 is 11.3 Å². The van der Waals surface area contributed by atoms with Crippen LogP contribution in [0.4, 0.5) is 0 Å². The highest BCUT2D eigenvalue weighted by Crippen LogP contribution is 2.18. The molecule has 1 aromatic carbocycles. The van der Waals surface area contributed by atoms with Crippen molar-refractivity contribution >= 4 is 17.4 Å². The fraction of sp³-hybridized carbons (Fsp3) is 0.0769. The van der Waals surface area contributed by atoms with Crippen LogP contribution in [0.1, 0.15) is 16.0 Å². The highest BCUT2D eigenvalue weighted by molar-refractivity contribution is 7.11. The molecule has 0 saturated carbocycles. The third kappa shape index (κ3) is 2.12. The minimum Gasteiger partial charge on any atom is -0.144 e. The number of thiophene rings is 1. The van der Waals surface area contributed by atoms with Crippen molar-refractivity contribution in [1.82, 2.24) is 0 Å². The van der Waals surface area contributed by atoms with Crippen molar-refractivity contribution in [1.29, 1.82) is 0 Å². The summed E-state index contributed by atoms with van der Waals surface area (Å²) in [5, 5.41) is 2.20. The zero-order valence-corrected chi connectivity index (χ0v) is 8.76. The summed E-state index contributed by atoms with van der Waals surface area (Å²) in [4.78, 5) is 1.25. The Bertz CT molecular complexity index is 412. The van der Waals surface area contributed by atoms with Crippen molar-refractivity contribution in [3.63, 3.8) is 0 Å². The minimum atomic E-state index is 1.02. The van der Waals surface area contributed by atoms with Crippen molar-refractivity contribution in [2.45, 2.75) is 6.42 Å². The Morgan fingerprint density at radius 1 is 1.14 bits per heavy atom. The van der Waals surface area contributed by atoms with Crippen molar-refractivity contribution < 1.29 is 0 Å². The van der Waals surface area contributed by atoms with Crippen LogP contribution in [-0.4, -0.2) is 0 Å². The Morgan fingerprint density at radius 3 is 2.57 bits per heavy atom. The molecule has 0 aliphatic carbocycles. The molecule has 0 nitrogen and oxygen atoms in total. The minimum absolute atomic E-state index is 1.02. The number of hydrogen-bond acceptors (Lipinski definition) is 1. The van der Waals surface area contributed by atoms with Crippen LogP contribution in [0.3, 0.4) is 0 Å². The van der Waals surface area contributed by atoms with E-state index in [0.29, 0.717) is 0 Å². The van der Waals surface area contributed by atoms with Crippen LogP contribution in [0.5, 0.6) is 0 Å². The molecular formula is C13H12S. The van der Waals surface area contributed by atoms with E-state index in [9.17, 15) is 0 Å². The first-order chi connectivity index (χ1) is 6.88. The predicted molar refractivity (Wildman–Crippen MR) is 63.7 cm³/mol. The van der Waals surface area contributed by atoms with Gasteiger partial charge in [-0.2, -0.15) is 0 Å². The normalized spacial score (nSPS) is 10.0. The fourth-order valence-electron chi connectivity index (χ4n) is 1.43. The summed E-state index contributed by atoms with van der Waals surface area (Å²) in [7, 11) is 0. The molecule has 70 valence electrons. The average molecular weight is 200 g/mol. The molecule has 0 atom stereocenters. The number of rotatable bonds is 3. The van der Waals surface area contributed by atoms with E-state index in [4.69, 9.17) is 0 Å². The van der Waals surface area contributed by atoms with Crippen LogP contribution in [-0.2, 0) is 6.42 Å². The van der Waals surface area contributed by atoms with E-state index < -0.39 is 0 Å². The molecule has 2 aromatic rings. The molecule has 14 heavy (non-hydrogen) atoms. The standard InChI is InChI=1S/C13H12S/c1-2-13-9-12(10-14-13)8-11-6-4-3-5-7-11/h2-7,9-10H,1,8H2. The Hall–Kier alpha value is -1.34. The van der Waals surface area contributed by atoms with Gasteiger partial charge >= 0.3 is 0 Å². The van der Waals surface area contributed by atoms with Crippen LogP contribution < -0.4 is 0 Å². The van der Waals surface area contributed by atoms with E-state index in [1.807, 2.05) is 12.1 Å². The van der Waals surface area contributed by atoms with Crippen molar-refractivity contribution in [3.05, 3.63) is 64.4 Å². The van der Waals surface area contributed by atoms with E-state index in [1.165, 1.54) is 16.0 Å². The highest BCUT2D eigenvalue weighted by Gasteiger charge is 1.98. The molecule has 0 radical (unpaired) electrons. The van der Waals surface area contributed by atoms with Gasteiger partial charge in [-0.15, -0.1) is 11.3 Å². The smallest absolute Gasteiger partial charge is 0.0267 e.